The van der Waals surface area contributed by atoms with Crippen molar-refractivity contribution < 1.29 is 9.47 Å². The van der Waals surface area contributed by atoms with Gasteiger partial charge in [-0.05, 0) is 43.5 Å². The number of anilines is 4. The molecular formula is C22H26N4O2. The van der Waals surface area contributed by atoms with Crippen LogP contribution in [-0.2, 0) is 6.42 Å². The monoisotopic (exact) mass is 378 g/mol. The number of hydrogen-bond donors (Lipinski definition) is 2. The highest BCUT2D eigenvalue weighted by Gasteiger charge is 2.10. The van der Waals surface area contributed by atoms with Gasteiger partial charge in [0, 0.05) is 29.2 Å². The summed E-state index contributed by atoms with van der Waals surface area (Å²) in [5, 5.41) is 6.71. The number of rotatable bonds is 7. The Labute approximate surface area is 166 Å². The zero-order valence-electron chi connectivity index (χ0n) is 17.0. The van der Waals surface area contributed by atoms with Crippen LogP contribution in [0.3, 0.4) is 0 Å². The van der Waals surface area contributed by atoms with Crippen molar-refractivity contribution in [1.29, 1.82) is 0 Å². The number of hydrogen-bond acceptors (Lipinski definition) is 6. The average Bonchev–Trinajstić information content (AvgIpc) is 2.69. The van der Waals surface area contributed by atoms with Crippen molar-refractivity contribution in [2.45, 2.75) is 27.2 Å². The maximum Gasteiger partial charge on any atom is 0.229 e. The number of nitrogens with one attached hydrogen (secondary N) is 2. The van der Waals surface area contributed by atoms with Crippen LogP contribution in [0.4, 0.5) is 23.1 Å². The summed E-state index contributed by atoms with van der Waals surface area (Å²) in [6.45, 7) is 6.17. The Balaban J connectivity index is 1.88. The van der Waals surface area contributed by atoms with Crippen LogP contribution in [0.15, 0.2) is 42.5 Å². The van der Waals surface area contributed by atoms with E-state index >= 15 is 0 Å². The molecule has 0 atom stereocenters. The molecule has 28 heavy (non-hydrogen) atoms. The lowest BCUT2D eigenvalue weighted by Crippen LogP contribution is -2.05. The molecule has 0 spiro atoms. The molecule has 3 rings (SSSR count). The maximum atomic E-state index is 5.37. The fraction of sp³-hybridized carbons (Fsp3) is 0.273. The lowest BCUT2D eigenvalue weighted by atomic mass is 10.1. The Morgan fingerprint density at radius 2 is 1.68 bits per heavy atom. The van der Waals surface area contributed by atoms with Gasteiger partial charge in [-0.15, -0.1) is 0 Å². The second-order valence-corrected chi connectivity index (χ2v) is 6.50. The second-order valence-electron chi connectivity index (χ2n) is 6.50. The van der Waals surface area contributed by atoms with Gasteiger partial charge >= 0.3 is 0 Å². The molecule has 6 heteroatoms. The number of para-hydroxylation sites is 1. The number of ether oxygens (including phenoxy) is 2. The lowest BCUT2D eigenvalue weighted by molar-refractivity contribution is 0.355. The Morgan fingerprint density at radius 1 is 0.893 bits per heavy atom. The number of nitrogens with zero attached hydrogens (tertiary/aromatic N) is 2. The van der Waals surface area contributed by atoms with E-state index in [1.807, 2.05) is 31.2 Å². The molecular weight excluding hydrogens is 352 g/mol. The van der Waals surface area contributed by atoms with Crippen molar-refractivity contribution in [2.75, 3.05) is 24.9 Å². The molecule has 146 valence electrons. The van der Waals surface area contributed by atoms with Crippen LogP contribution in [0.2, 0.25) is 0 Å². The molecule has 0 saturated heterocycles. The van der Waals surface area contributed by atoms with E-state index in [1.165, 1.54) is 11.1 Å². The normalized spacial score (nSPS) is 10.5. The standard InChI is InChI=1S/C22H26N4O2/c1-6-16-9-7-8-14(2)21(16)26-22-23-15(3)12-20(25-22)24-17-10-11-18(27-4)19(13-17)28-5/h7-13H,6H2,1-5H3,(H2,23,24,25,26). The molecule has 0 aliphatic rings. The van der Waals surface area contributed by atoms with Crippen LogP contribution in [-0.4, -0.2) is 24.2 Å². The Morgan fingerprint density at radius 3 is 2.39 bits per heavy atom. The Hall–Kier alpha value is -3.28. The van der Waals surface area contributed by atoms with Gasteiger partial charge in [0.25, 0.3) is 0 Å². The van der Waals surface area contributed by atoms with Gasteiger partial charge in [0.2, 0.25) is 5.95 Å². The highest BCUT2D eigenvalue weighted by atomic mass is 16.5. The van der Waals surface area contributed by atoms with E-state index in [2.05, 4.69) is 52.6 Å². The maximum absolute atomic E-state index is 5.37. The molecule has 0 saturated carbocycles. The minimum atomic E-state index is 0.562. The highest BCUT2D eigenvalue weighted by Crippen LogP contribution is 2.31. The first-order valence-electron chi connectivity index (χ1n) is 9.24. The van der Waals surface area contributed by atoms with Gasteiger partial charge < -0.3 is 20.1 Å². The predicted octanol–water partition coefficient (Wildman–Crippen LogP) is 5.16. The van der Waals surface area contributed by atoms with Crippen molar-refractivity contribution in [2.24, 2.45) is 0 Å². The SMILES string of the molecule is CCc1cccc(C)c1Nc1nc(C)cc(Nc2ccc(OC)c(OC)c2)n1. The van der Waals surface area contributed by atoms with Crippen LogP contribution < -0.4 is 20.1 Å². The van der Waals surface area contributed by atoms with Gasteiger partial charge in [-0.2, -0.15) is 4.98 Å². The van der Waals surface area contributed by atoms with E-state index in [-0.39, 0.29) is 0 Å². The second kappa shape index (κ2) is 8.61. The molecule has 2 aromatic carbocycles. The van der Waals surface area contributed by atoms with Gasteiger partial charge in [0.15, 0.2) is 11.5 Å². The number of methoxy groups -OCH3 is 2. The van der Waals surface area contributed by atoms with Gasteiger partial charge in [-0.1, -0.05) is 25.1 Å². The summed E-state index contributed by atoms with van der Waals surface area (Å²) < 4.78 is 10.7. The number of aromatic nitrogens is 2. The first-order valence-corrected chi connectivity index (χ1v) is 9.24. The molecule has 0 bridgehead atoms. The van der Waals surface area contributed by atoms with Gasteiger partial charge in [0.1, 0.15) is 5.82 Å². The van der Waals surface area contributed by atoms with Gasteiger partial charge in [-0.25, -0.2) is 4.98 Å². The average molecular weight is 378 g/mol. The van der Waals surface area contributed by atoms with E-state index in [4.69, 9.17) is 9.47 Å². The van der Waals surface area contributed by atoms with Gasteiger partial charge in [0.05, 0.1) is 14.2 Å². The minimum Gasteiger partial charge on any atom is -0.493 e. The fourth-order valence-corrected chi connectivity index (χ4v) is 3.06. The summed E-state index contributed by atoms with van der Waals surface area (Å²) in [5.41, 5.74) is 5.19. The van der Waals surface area contributed by atoms with E-state index in [0.29, 0.717) is 23.3 Å². The van der Waals surface area contributed by atoms with Crippen LogP contribution in [0.1, 0.15) is 23.7 Å². The zero-order chi connectivity index (χ0) is 20.1. The van der Waals surface area contributed by atoms with E-state index in [1.54, 1.807) is 14.2 Å². The van der Waals surface area contributed by atoms with E-state index in [0.717, 1.165) is 23.5 Å². The molecule has 0 aliphatic heterocycles. The molecule has 1 heterocycles. The van der Waals surface area contributed by atoms with Crippen molar-refractivity contribution in [3.8, 4) is 11.5 Å². The summed E-state index contributed by atoms with van der Waals surface area (Å²) in [7, 11) is 3.23. The van der Waals surface area contributed by atoms with Crippen LogP contribution in [0.25, 0.3) is 0 Å². The third-order valence-corrected chi connectivity index (χ3v) is 4.49. The minimum absolute atomic E-state index is 0.562. The van der Waals surface area contributed by atoms with Crippen molar-refractivity contribution in [3.63, 3.8) is 0 Å². The molecule has 0 radical (unpaired) electrons. The zero-order valence-corrected chi connectivity index (χ0v) is 17.0. The first kappa shape index (κ1) is 19.5. The van der Waals surface area contributed by atoms with E-state index < -0.39 is 0 Å². The molecule has 2 N–H and O–H groups in total. The molecule has 0 fully saturated rings. The molecule has 1 aromatic heterocycles. The Bertz CT molecular complexity index is 973. The summed E-state index contributed by atoms with van der Waals surface area (Å²) >= 11 is 0. The summed E-state index contributed by atoms with van der Waals surface area (Å²) in [4.78, 5) is 9.17. The third-order valence-electron chi connectivity index (χ3n) is 4.49. The number of benzene rings is 2. The molecule has 0 aliphatic carbocycles. The largest absolute Gasteiger partial charge is 0.493 e. The molecule has 3 aromatic rings. The fourth-order valence-electron chi connectivity index (χ4n) is 3.06. The van der Waals surface area contributed by atoms with Crippen molar-refractivity contribution >= 4 is 23.1 Å². The van der Waals surface area contributed by atoms with Gasteiger partial charge in [-0.3, -0.25) is 0 Å². The van der Waals surface area contributed by atoms with Crippen molar-refractivity contribution in [1.82, 2.24) is 9.97 Å². The summed E-state index contributed by atoms with van der Waals surface area (Å²) in [5.74, 6) is 2.60. The van der Waals surface area contributed by atoms with Crippen LogP contribution in [0, 0.1) is 13.8 Å². The quantitative estimate of drug-likeness (QED) is 0.592. The molecule has 0 amide bonds. The first-order chi connectivity index (χ1) is 13.5. The van der Waals surface area contributed by atoms with Crippen molar-refractivity contribution in [3.05, 3.63) is 59.3 Å². The highest BCUT2D eigenvalue weighted by molar-refractivity contribution is 5.66. The van der Waals surface area contributed by atoms with E-state index in [9.17, 15) is 0 Å². The summed E-state index contributed by atoms with van der Waals surface area (Å²) in [6, 6.07) is 13.8. The molecule has 6 nitrogen and oxygen atoms in total. The topological polar surface area (TPSA) is 68.3 Å². The van der Waals surface area contributed by atoms with Crippen LogP contribution in [0.5, 0.6) is 11.5 Å². The van der Waals surface area contributed by atoms with Crippen LogP contribution >= 0.6 is 0 Å². The smallest absolute Gasteiger partial charge is 0.229 e. The predicted molar refractivity (Wildman–Crippen MR) is 113 cm³/mol. The summed E-state index contributed by atoms with van der Waals surface area (Å²) in [6.07, 6.45) is 0.937. The number of aryl methyl sites for hydroxylation is 3. The Kier molecular flexibility index (Phi) is 5.99. The lowest BCUT2D eigenvalue weighted by Gasteiger charge is -2.15. The third kappa shape index (κ3) is 4.34. The molecule has 0 unspecified atom stereocenters.